The van der Waals surface area contributed by atoms with Gasteiger partial charge in [-0.15, -0.1) is 0 Å². The molecule has 1 aliphatic rings. The number of nitro groups is 1. The fourth-order valence-corrected chi connectivity index (χ4v) is 5.09. The Labute approximate surface area is 133 Å². The Morgan fingerprint density at radius 3 is 2.36 bits per heavy atom. The third kappa shape index (κ3) is 3.15. The molecule has 0 N–H and O–H groups in total. The third-order valence-electron chi connectivity index (χ3n) is 4.01. The van der Waals surface area contributed by atoms with Gasteiger partial charge in [0.05, 0.1) is 10.2 Å². The molecule has 0 bridgehead atoms. The van der Waals surface area contributed by atoms with Gasteiger partial charge in [0.1, 0.15) is 4.90 Å². The van der Waals surface area contributed by atoms with E-state index in [2.05, 4.69) is 0 Å². The van der Waals surface area contributed by atoms with Gasteiger partial charge in [-0.05, 0) is 43.0 Å². The first kappa shape index (κ1) is 16.9. The van der Waals surface area contributed by atoms with Gasteiger partial charge in [0.15, 0.2) is 9.84 Å². The van der Waals surface area contributed by atoms with Crippen molar-refractivity contribution >= 4 is 32.4 Å². The van der Waals surface area contributed by atoms with Crippen LogP contribution in [0.25, 0.3) is 0 Å². The van der Waals surface area contributed by atoms with Gasteiger partial charge in [0.2, 0.25) is 0 Å². The van der Waals surface area contributed by atoms with Crippen LogP contribution in [-0.4, -0.2) is 23.8 Å². The number of hydrogen-bond acceptors (Lipinski definition) is 5. The second-order valence-electron chi connectivity index (χ2n) is 5.47. The summed E-state index contributed by atoms with van der Waals surface area (Å²) in [7, 11) is -3.80. The van der Waals surface area contributed by atoms with E-state index in [4.69, 9.17) is 11.6 Å². The highest BCUT2D eigenvalue weighted by Gasteiger charge is 2.35. The molecule has 1 saturated carbocycles. The van der Waals surface area contributed by atoms with Gasteiger partial charge in [-0.2, -0.15) is 0 Å². The van der Waals surface area contributed by atoms with E-state index in [1.165, 1.54) is 13.0 Å². The molecule has 22 heavy (non-hydrogen) atoms. The van der Waals surface area contributed by atoms with Crippen LogP contribution < -0.4 is 0 Å². The molecule has 1 fully saturated rings. The average molecular weight is 346 g/mol. The lowest BCUT2D eigenvalue weighted by atomic mass is 10.0. The summed E-state index contributed by atoms with van der Waals surface area (Å²) in [6, 6.07) is 2.15. The topological polar surface area (TPSA) is 94.3 Å². The summed E-state index contributed by atoms with van der Waals surface area (Å²) < 4.78 is 25.4. The number of hydrogen-bond donors (Lipinski definition) is 0. The first-order valence-corrected chi connectivity index (χ1v) is 8.90. The van der Waals surface area contributed by atoms with E-state index < -0.39 is 30.9 Å². The average Bonchev–Trinajstić information content (AvgIpc) is 2.47. The number of sulfone groups is 1. The maximum atomic E-state index is 12.7. The van der Waals surface area contributed by atoms with Crippen LogP contribution in [0.5, 0.6) is 0 Å². The Hall–Kier alpha value is -1.47. The van der Waals surface area contributed by atoms with Crippen LogP contribution in [0.2, 0.25) is 0 Å². The molecular formula is C14H16ClNO5S. The molecule has 0 heterocycles. The van der Waals surface area contributed by atoms with Crippen LogP contribution in [0.3, 0.4) is 0 Å². The Kier molecular flexibility index (Phi) is 4.87. The Morgan fingerprint density at radius 2 is 1.86 bits per heavy atom. The minimum atomic E-state index is -3.80. The lowest BCUT2D eigenvalue weighted by Gasteiger charge is -2.22. The maximum Gasteiger partial charge on any atom is 0.288 e. The fourth-order valence-electron chi connectivity index (χ4n) is 2.81. The highest BCUT2D eigenvalue weighted by atomic mass is 35.5. The number of nitrogens with zero attached hydrogens (tertiary/aromatic N) is 1. The van der Waals surface area contributed by atoms with Gasteiger partial charge in [-0.3, -0.25) is 14.9 Å². The number of halogens is 1. The number of benzene rings is 1. The van der Waals surface area contributed by atoms with Crippen molar-refractivity contribution in [2.45, 2.75) is 49.2 Å². The van der Waals surface area contributed by atoms with Gasteiger partial charge in [-0.1, -0.05) is 19.3 Å². The predicted octanol–water partition coefficient (Wildman–Crippen LogP) is 3.39. The van der Waals surface area contributed by atoms with E-state index in [1.54, 1.807) is 0 Å². The first-order valence-electron chi connectivity index (χ1n) is 6.98. The number of carbonyl (C=O) groups excluding carboxylic acids is 1. The minimum Gasteiger partial charge on any atom is -0.276 e. The van der Waals surface area contributed by atoms with Gasteiger partial charge < -0.3 is 0 Å². The van der Waals surface area contributed by atoms with Crippen LogP contribution in [0.4, 0.5) is 5.69 Å². The molecule has 0 unspecified atom stereocenters. The Bertz CT molecular complexity index is 723. The summed E-state index contributed by atoms with van der Waals surface area (Å²) in [5.41, 5.74) is -0.309. The molecule has 0 saturated heterocycles. The zero-order valence-electron chi connectivity index (χ0n) is 12.0. The smallest absolute Gasteiger partial charge is 0.276 e. The number of aryl methyl sites for hydroxylation is 1. The SMILES string of the molecule is Cc1cc(S(=O)(=O)C2CCCCC2)c([N+](=O)[O-])cc1C(=O)Cl. The highest BCUT2D eigenvalue weighted by molar-refractivity contribution is 7.92. The molecule has 0 radical (unpaired) electrons. The van der Waals surface area contributed by atoms with E-state index in [1.807, 2.05) is 0 Å². The largest absolute Gasteiger partial charge is 0.288 e. The van der Waals surface area contributed by atoms with Crippen molar-refractivity contribution < 1.29 is 18.1 Å². The Balaban J connectivity index is 2.60. The normalized spacial score (nSPS) is 16.5. The zero-order chi connectivity index (χ0) is 16.5. The first-order chi connectivity index (χ1) is 10.2. The monoisotopic (exact) mass is 345 g/mol. The van der Waals surface area contributed by atoms with Crippen molar-refractivity contribution in [2.75, 3.05) is 0 Å². The molecule has 0 spiro atoms. The molecule has 0 atom stereocenters. The van der Waals surface area contributed by atoms with Crippen molar-refractivity contribution in [3.8, 4) is 0 Å². The van der Waals surface area contributed by atoms with Crippen LogP contribution in [0.15, 0.2) is 17.0 Å². The fraction of sp³-hybridized carbons (Fsp3) is 0.500. The van der Waals surface area contributed by atoms with Gasteiger partial charge in [0, 0.05) is 11.6 Å². The summed E-state index contributed by atoms with van der Waals surface area (Å²) in [5, 5.41) is 9.78. The molecule has 6 nitrogen and oxygen atoms in total. The van der Waals surface area contributed by atoms with E-state index >= 15 is 0 Å². The summed E-state index contributed by atoms with van der Waals surface area (Å²) in [6.45, 7) is 1.51. The number of nitro benzene ring substituents is 1. The Morgan fingerprint density at radius 1 is 1.27 bits per heavy atom. The number of carbonyl (C=O) groups is 1. The molecule has 1 aliphatic carbocycles. The molecule has 2 rings (SSSR count). The maximum absolute atomic E-state index is 12.7. The van der Waals surface area contributed by atoms with Crippen LogP contribution in [0.1, 0.15) is 48.0 Å². The second-order valence-corrected chi connectivity index (χ2v) is 8.01. The molecule has 0 amide bonds. The lowest BCUT2D eigenvalue weighted by Crippen LogP contribution is -2.25. The summed E-state index contributed by atoms with van der Waals surface area (Å²) in [4.78, 5) is 21.4. The van der Waals surface area contributed by atoms with Crippen molar-refractivity contribution in [2.24, 2.45) is 0 Å². The van der Waals surface area contributed by atoms with Gasteiger partial charge in [0.25, 0.3) is 10.9 Å². The van der Waals surface area contributed by atoms with Crippen LogP contribution >= 0.6 is 11.6 Å². The third-order valence-corrected chi connectivity index (χ3v) is 6.50. The number of rotatable bonds is 4. The van der Waals surface area contributed by atoms with Crippen molar-refractivity contribution in [1.82, 2.24) is 0 Å². The van der Waals surface area contributed by atoms with Crippen LogP contribution in [-0.2, 0) is 9.84 Å². The predicted molar refractivity (Wildman–Crippen MR) is 82.1 cm³/mol. The minimum absolute atomic E-state index is 0.0454. The van der Waals surface area contributed by atoms with Crippen molar-refractivity contribution in [3.05, 3.63) is 33.4 Å². The molecule has 1 aromatic rings. The van der Waals surface area contributed by atoms with E-state index in [0.29, 0.717) is 18.4 Å². The molecular weight excluding hydrogens is 330 g/mol. The summed E-state index contributed by atoms with van der Waals surface area (Å²) in [5.74, 6) is 0. The molecule has 0 aromatic heterocycles. The van der Waals surface area contributed by atoms with Crippen molar-refractivity contribution in [1.29, 1.82) is 0 Å². The highest BCUT2D eigenvalue weighted by Crippen LogP contribution is 2.35. The van der Waals surface area contributed by atoms with Crippen LogP contribution in [0, 0.1) is 17.0 Å². The molecule has 1 aromatic carbocycles. The molecule has 120 valence electrons. The van der Waals surface area contributed by atoms with E-state index in [-0.39, 0.29) is 10.5 Å². The van der Waals surface area contributed by atoms with Crippen molar-refractivity contribution in [3.63, 3.8) is 0 Å². The summed E-state index contributed by atoms with van der Waals surface area (Å²) in [6.07, 6.45) is 3.60. The van der Waals surface area contributed by atoms with E-state index in [0.717, 1.165) is 25.3 Å². The van der Waals surface area contributed by atoms with Gasteiger partial charge >= 0.3 is 0 Å². The standard InChI is InChI=1S/C14H16ClNO5S/c1-9-7-13(12(16(18)19)8-11(9)14(15)17)22(20,21)10-5-3-2-4-6-10/h7-8,10H,2-6H2,1H3. The zero-order valence-corrected chi connectivity index (χ0v) is 13.6. The lowest BCUT2D eigenvalue weighted by molar-refractivity contribution is -0.387. The molecule has 0 aliphatic heterocycles. The quantitative estimate of drug-likeness (QED) is 0.473. The van der Waals surface area contributed by atoms with Gasteiger partial charge in [-0.25, -0.2) is 8.42 Å². The van der Waals surface area contributed by atoms with E-state index in [9.17, 15) is 23.3 Å². The summed E-state index contributed by atoms with van der Waals surface area (Å²) >= 11 is 5.39. The second kappa shape index (κ2) is 6.34. The molecule has 8 heteroatoms.